The number of nitrogens with one attached hydrogen (secondary N) is 2. The van der Waals surface area contributed by atoms with Crippen LogP contribution in [0, 0.1) is 5.92 Å². The highest BCUT2D eigenvalue weighted by atomic mass is 16.5. The van der Waals surface area contributed by atoms with Gasteiger partial charge in [-0.2, -0.15) is 0 Å². The van der Waals surface area contributed by atoms with E-state index in [0.29, 0.717) is 18.0 Å². The summed E-state index contributed by atoms with van der Waals surface area (Å²) in [7, 11) is 1.86. The molecule has 2 saturated heterocycles. The zero-order valence-corrected chi connectivity index (χ0v) is 16.1. The Morgan fingerprint density at radius 3 is 2.58 bits per heavy atom. The minimum absolute atomic E-state index is 0.493. The van der Waals surface area contributed by atoms with E-state index in [-0.39, 0.29) is 0 Å². The van der Waals surface area contributed by atoms with Crippen LogP contribution < -0.4 is 10.6 Å². The standard InChI is InChI=1S/C18H37N5O/c1-15(2)23-13-16(3)17(14-23)21-18(19-4)20-7-5-6-8-22-9-11-24-12-10-22/h15-17H,5-14H2,1-4H3,(H2,19,20,21). The van der Waals surface area contributed by atoms with Crippen LogP contribution in [0.3, 0.4) is 0 Å². The fourth-order valence-corrected chi connectivity index (χ4v) is 3.48. The number of hydrogen-bond acceptors (Lipinski definition) is 4. The molecule has 2 unspecified atom stereocenters. The molecule has 0 bridgehead atoms. The predicted molar refractivity (Wildman–Crippen MR) is 101 cm³/mol. The molecule has 2 atom stereocenters. The molecule has 24 heavy (non-hydrogen) atoms. The van der Waals surface area contributed by atoms with E-state index in [4.69, 9.17) is 4.74 Å². The summed E-state index contributed by atoms with van der Waals surface area (Å²) in [5.41, 5.74) is 0. The fraction of sp³-hybridized carbons (Fsp3) is 0.944. The molecule has 0 aromatic carbocycles. The van der Waals surface area contributed by atoms with Gasteiger partial charge in [-0.25, -0.2) is 0 Å². The van der Waals surface area contributed by atoms with Crippen LogP contribution >= 0.6 is 0 Å². The van der Waals surface area contributed by atoms with Gasteiger partial charge >= 0.3 is 0 Å². The van der Waals surface area contributed by atoms with Crippen LogP contribution in [0.4, 0.5) is 0 Å². The zero-order valence-electron chi connectivity index (χ0n) is 16.1. The number of aliphatic imine (C=N–C) groups is 1. The highest BCUT2D eigenvalue weighted by molar-refractivity contribution is 5.80. The van der Waals surface area contributed by atoms with Crippen molar-refractivity contribution < 1.29 is 4.74 Å². The zero-order chi connectivity index (χ0) is 17.4. The molecule has 6 nitrogen and oxygen atoms in total. The van der Waals surface area contributed by atoms with Crippen molar-refractivity contribution in [3.63, 3.8) is 0 Å². The lowest BCUT2D eigenvalue weighted by Crippen LogP contribution is -2.47. The van der Waals surface area contributed by atoms with E-state index in [1.54, 1.807) is 0 Å². The maximum absolute atomic E-state index is 5.39. The summed E-state index contributed by atoms with van der Waals surface area (Å²) in [5, 5.41) is 7.09. The summed E-state index contributed by atoms with van der Waals surface area (Å²) in [4.78, 5) is 9.43. The van der Waals surface area contributed by atoms with Crippen LogP contribution in [-0.4, -0.2) is 87.4 Å². The Morgan fingerprint density at radius 2 is 1.96 bits per heavy atom. The highest BCUT2D eigenvalue weighted by Gasteiger charge is 2.31. The highest BCUT2D eigenvalue weighted by Crippen LogP contribution is 2.18. The molecule has 0 aliphatic carbocycles. The van der Waals surface area contributed by atoms with Gasteiger partial charge in [-0.15, -0.1) is 0 Å². The molecule has 6 heteroatoms. The quantitative estimate of drug-likeness (QED) is 0.412. The number of guanidine groups is 1. The molecule has 0 aromatic heterocycles. The van der Waals surface area contributed by atoms with Crippen LogP contribution in [0.1, 0.15) is 33.6 Å². The van der Waals surface area contributed by atoms with E-state index < -0.39 is 0 Å². The van der Waals surface area contributed by atoms with Crippen molar-refractivity contribution in [1.82, 2.24) is 20.4 Å². The van der Waals surface area contributed by atoms with Crippen LogP contribution in [0.5, 0.6) is 0 Å². The predicted octanol–water partition coefficient (Wildman–Crippen LogP) is 0.993. The SMILES string of the molecule is CN=C(NCCCCN1CCOCC1)NC1CN(C(C)C)CC1C. The first-order chi connectivity index (χ1) is 11.6. The largest absolute Gasteiger partial charge is 0.379 e. The Bertz CT molecular complexity index is 382. The van der Waals surface area contributed by atoms with Gasteiger partial charge in [-0.3, -0.25) is 14.8 Å². The lowest BCUT2D eigenvalue weighted by Gasteiger charge is -2.26. The molecule has 2 aliphatic rings. The molecule has 2 aliphatic heterocycles. The molecule has 0 amide bonds. The second-order valence-corrected chi connectivity index (χ2v) is 7.44. The van der Waals surface area contributed by atoms with Gasteiger partial charge in [-0.05, 0) is 39.2 Å². The van der Waals surface area contributed by atoms with E-state index >= 15 is 0 Å². The molecule has 2 N–H and O–H groups in total. The molecule has 2 rings (SSSR count). The molecular formula is C18H37N5O. The summed E-state index contributed by atoms with van der Waals surface area (Å²) < 4.78 is 5.39. The van der Waals surface area contributed by atoms with Crippen molar-refractivity contribution in [3.8, 4) is 0 Å². The third-order valence-electron chi connectivity index (χ3n) is 5.21. The molecular weight excluding hydrogens is 302 g/mol. The van der Waals surface area contributed by atoms with Crippen LogP contribution in [0.2, 0.25) is 0 Å². The van der Waals surface area contributed by atoms with E-state index in [9.17, 15) is 0 Å². The number of ether oxygens (including phenoxy) is 1. The van der Waals surface area contributed by atoms with Gasteiger partial charge in [0.1, 0.15) is 0 Å². The number of rotatable bonds is 7. The Hall–Kier alpha value is -0.850. The van der Waals surface area contributed by atoms with Crippen LogP contribution in [0.25, 0.3) is 0 Å². The molecule has 0 aromatic rings. The average molecular weight is 340 g/mol. The van der Waals surface area contributed by atoms with Gasteiger partial charge in [0.2, 0.25) is 0 Å². The summed E-state index contributed by atoms with van der Waals surface area (Å²) >= 11 is 0. The summed E-state index contributed by atoms with van der Waals surface area (Å²) in [5.74, 6) is 1.61. The Morgan fingerprint density at radius 1 is 1.21 bits per heavy atom. The average Bonchev–Trinajstić information content (AvgIpc) is 2.95. The van der Waals surface area contributed by atoms with Gasteiger partial charge < -0.3 is 15.4 Å². The second-order valence-electron chi connectivity index (χ2n) is 7.44. The first kappa shape index (κ1) is 19.5. The third-order valence-corrected chi connectivity index (χ3v) is 5.21. The van der Waals surface area contributed by atoms with Crippen molar-refractivity contribution in [1.29, 1.82) is 0 Å². The Balaban J connectivity index is 1.60. The number of nitrogens with zero attached hydrogens (tertiary/aromatic N) is 3. The van der Waals surface area contributed by atoms with Gasteiger partial charge in [0, 0.05) is 51.9 Å². The van der Waals surface area contributed by atoms with Gasteiger partial charge in [0.05, 0.1) is 13.2 Å². The van der Waals surface area contributed by atoms with Crippen molar-refractivity contribution in [3.05, 3.63) is 0 Å². The van der Waals surface area contributed by atoms with Crippen molar-refractivity contribution in [2.24, 2.45) is 10.9 Å². The molecule has 140 valence electrons. The normalized spacial score (nSPS) is 27.0. The summed E-state index contributed by atoms with van der Waals surface area (Å²) in [6.45, 7) is 15.3. The first-order valence-corrected chi connectivity index (χ1v) is 9.61. The maximum Gasteiger partial charge on any atom is 0.191 e. The van der Waals surface area contributed by atoms with Gasteiger partial charge in [0.15, 0.2) is 5.96 Å². The lowest BCUT2D eigenvalue weighted by molar-refractivity contribution is 0.0372. The fourth-order valence-electron chi connectivity index (χ4n) is 3.48. The van der Waals surface area contributed by atoms with Crippen LogP contribution in [0.15, 0.2) is 4.99 Å². The minimum Gasteiger partial charge on any atom is -0.379 e. The van der Waals surface area contributed by atoms with E-state index in [0.717, 1.165) is 45.4 Å². The number of likely N-dealkylation sites (tertiary alicyclic amines) is 1. The minimum atomic E-state index is 0.493. The molecule has 0 spiro atoms. The second kappa shape index (κ2) is 10.2. The van der Waals surface area contributed by atoms with Crippen LogP contribution in [-0.2, 0) is 4.74 Å². The van der Waals surface area contributed by atoms with Gasteiger partial charge in [-0.1, -0.05) is 6.92 Å². The lowest BCUT2D eigenvalue weighted by atomic mass is 10.1. The smallest absolute Gasteiger partial charge is 0.191 e. The molecule has 2 heterocycles. The topological polar surface area (TPSA) is 52.1 Å². The first-order valence-electron chi connectivity index (χ1n) is 9.61. The van der Waals surface area contributed by atoms with Gasteiger partial charge in [0.25, 0.3) is 0 Å². The Kier molecular flexibility index (Phi) is 8.29. The summed E-state index contributed by atoms with van der Waals surface area (Å²) in [6, 6.07) is 1.11. The van der Waals surface area contributed by atoms with Crippen molar-refractivity contribution >= 4 is 5.96 Å². The van der Waals surface area contributed by atoms with E-state index in [1.807, 2.05) is 7.05 Å². The number of hydrogen-bond donors (Lipinski definition) is 2. The summed E-state index contributed by atoms with van der Waals surface area (Å²) in [6.07, 6.45) is 2.40. The number of unbranched alkanes of at least 4 members (excludes halogenated alkanes) is 1. The molecule has 0 saturated carbocycles. The van der Waals surface area contributed by atoms with Crippen molar-refractivity contribution in [2.75, 3.05) is 59.5 Å². The third kappa shape index (κ3) is 6.22. The maximum atomic E-state index is 5.39. The van der Waals surface area contributed by atoms with Crippen molar-refractivity contribution in [2.45, 2.75) is 45.7 Å². The molecule has 2 fully saturated rings. The van der Waals surface area contributed by atoms with E-state index in [2.05, 4.69) is 46.2 Å². The monoisotopic (exact) mass is 339 g/mol. The number of morpholine rings is 1. The van der Waals surface area contributed by atoms with E-state index in [1.165, 1.54) is 25.9 Å². The molecule has 0 radical (unpaired) electrons. The Labute approximate surface area is 148 Å².